The highest BCUT2D eigenvalue weighted by atomic mass is 19.1. The fraction of sp³-hybridized carbons (Fsp3) is 0.462. The topological polar surface area (TPSA) is 40.5 Å². The van der Waals surface area contributed by atoms with Gasteiger partial charge in [-0.1, -0.05) is 6.07 Å². The van der Waals surface area contributed by atoms with Gasteiger partial charge in [-0.05, 0) is 32.4 Å². The van der Waals surface area contributed by atoms with Crippen molar-refractivity contribution in [1.29, 1.82) is 0 Å². The molecule has 17 heavy (non-hydrogen) atoms. The maximum atomic E-state index is 13.6. The van der Waals surface area contributed by atoms with E-state index in [4.69, 9.17) is 0 Å². The lowest BCUT2D eigenvalue weighted by Crippen LogP contribution is -2.24. The molecule has 0 aromatic heterocycles. The van der Waals surface area contributed by atoms with Gasteiger partial charge in [0.05, 0.1) is 17.4 Å². The van der Waals surface area contributed by atoms with E-state index in [0.29, 0.717) is 18.7 Å². The van der Waals surface area contributed by atoms with E-state index in [1.807, 2.05) is 0 Å². The van der Waals surface area contributed by atoms with Gasteiger partial charge >= 0.3 is 0 Å². The summed E-state index contributed by atoms with van der Waals surface area (Å²) in [5, 5.41) is 9.21. The third-order valence-corrected chi connectivity index (χ3v) is 2.64. The molecule has 1 rings (SSSR count). The van der Waals surface area contributed by atoms with Gasteiger partial charge in [-0.2, -0.15) is 0 Å². The van der Waals surface area contributed by atoms with Crippen LogP contribution in [0.2, 0.25) is 0 Å². The molecule has 0 saturated carbocycles. The molecule has 1 atom stereocenters. The van der Waals surface area contributed by atoms with Gasteiger partial charge in [0.2, 0.25) is 0 Å². The summed E-state index contributed by atoms with van der Waals surface area (Å²) in [7, 11) is 1.78. The number of hydrogen-bond acceptors (Lipinski definition) is 3. The SMILES string of the molecule is CC(=O)c1c(F)cccc1N(C)CCC(C)O. The minimum absolute atomic E-state index is 0.112. The van der Waals surface area contributed by atoms with Crippen LogP contribution in [0.5, 0.6) is 0 Å². The molecule has 3 nitrogen and oxygen atoms in total. The molecule has 0 heterocycles. The highest BCUT2D eigenvalue weighted by Gasteiger charge is 2.15. The van der Waals surface area contributed by atoms with Crippen LogP contribution in [0.4, 0.5) is 10.1 Å². The number of aliphatic hydroxyl groups excluding tert-OH is 1. The Morgan fingerprint density at radius 3 is 2.71 bits per heavy atom. The van der Waals surface area contributed by atoms with Crippen molar-refractivity contribution in [1.82, 2.24) is 0 Å². The first kappa shape index (κ1) is 13.6. The van der Waals surface area contributed by atoms with E-state index in [1.165, 1.54) is 13.0 Å². The van der Waals surface area contributed by atoms with Gasteiger partial charge in [-0.15, -0.1) is 0 Å². The number of hydrogen-bond donors (Lipinski definition) is 1. The number of benzene rings is 1. The van der Waals surface area contributed by atoms with Gasteiger partial charge in [0.1, 0.15) is 5.82 Å². The van der Waals surface area contributed by atoms with Crippen molar-refractivity contribution in [3.63, 3.8) is 0 Å². The predicted octanol–water partition coefficient (Wildman–Crippen LogP) is 2.24. The number of carbonyl (C=O) groups is 1. The molecular formula is C13H18FNO2. The number of halogens is 1. The molecule has 0 bridgehead atoms. The van der Waals surface area contributed by atoms with E-state index >= 15 is 0 Å². The first-order valence-corrected chi connectivity index (χ1v) is 5.62. The fourth-order valence-corrected chi connectivity index (χ4v) is 1.68. The van der Waals surface area contributed by atoms with Gasteiger partial charge in [0.25, 0.3) is 0 Å². The third-order valence-electron chi connectivity index (χ3n) is 2.64. The van der Waals surface area contributed by atoms with Crippen molar-refractivity contribution in [3.8, 4) is 0 Å². The van der Waals surface area contributed by atoms with Gasteiger partial charge < -0.3 is 10.0 Å². The highest BCUT2D eigenvalue weighted by molar-refractivity contribution is 5.99. The van der Waals surface area contributed by atoms with E-state index < -0.39 is 11.9 Å². The largest absolute Gasteiger partial charge is 0.393 e. The van der Waals surface area contributed by atoms with Crippen molar-refractivity contribution in [2.45, 2.75) is 26.4 Å². The lowest BCUT2D eigenvalue weighted by atomic mass is 10.1. The van der Waals surface area contributed by atoms with Crippen LogP contribution in [-0.4, -0.2) is 30.6 Å². The quantitative estimate of drug-likeness (QED) is 0.801. The molecule has 1 N–H and O–H groups in total. The summed E-state index contributed by atoms with van der Waals surface area (Å²) >= 11 is 0. The zero-order chi connectivity index (χ0) is 13.0. The van der Waals surface area contributed by atoms with Crippen LogP contribution in [0, 0.1) is 5.82 Å². The summed E-state index contributed by atoms with van der Waals surface area (Å²) < 4.78 is 13.6. The lowest BCUT2D eigenvalue weighted by Gasteiger charge is -2.22. The number of ketones is 1. The molecule has 1 aromatic rings. The highest BCUT2D eigenvalue weighted by Crippen LogP contribution is 2.23. The van der Waals surface area contributed by atoms with Crippen molar-refractivity contribution in [2.24, 2.45) is 0 Å². The second-order valence-electron chi connectivity index (χ2n) is 4.25. The Morgan fingerprint density at radius 2 is 2.18 bits per heavy atom. The summed E-state index contributed by atoms with van der Waals surface area (Å²) in [5.41, 5.74) is 0.679. The Hall–Kier alpha value is -1.42. The standard InChI is InChI=1S/C13H18FNO2/c1-9(16)7-8-15(3)12-6-4-5-11(14)13(12)10(2)17/h4-6,9,16H,7-8H2,1-3H3. The molecule has 4 heteroatoms. The van der Waals surface area contributed by atoms with E-state index in [2.05, 4.69) is 0 Å². The summed E-state index contributed by atoms with van der Waals surface area (Å²) in [6.07, 6.45) is 0.163. The van der Waals surface area contributed by atoms with Crippen LogP contribution in [0.3, 0.4) is 0 Å². The Morgan fingerprint density at radius 1 is 1.53 bits per heavy atom. The van der Waals surface area contributed by atoms with Gasteiger partial charge in [0, 0.05) is 13.6 Å². The Labute approximate surface area is 101 Å². The van der Waals surface area contributed by atoms with Crippen LogP contribution in [0.15, 0.2) is 18.2 Å². The molecule has 1 unspecified atom stereocenters. The van der Waals surface area contributed by atoms with E-state index in [0.717, 1.165) is 0 Å². The second-order valence-corrected chi connectivity index (χ2v) is 4.25. The zero-order valence-corrected chi connectivity index (χ0v) is 10.4. The molecule has 0 saturated heterocycles. The van der Waals surface area contributed by atoms with Crippen molar-refractivity contribution in [3.05, 3.63) is 29.6 Å². The average molecular weight is 239 g/mol. The molecule has 0 fully saturated rings. The molecule has 1 aromatic carbocycles. The molecular weight excluding hydrogens is 221 g/mol. The minimum Gasteiger partial charge on any atom is -0.393 e. The van der Waals surface area contributed by atoms with E-state index in [-0.39, 0.29) is 11.3 Å². The lowest BCUT2D eigenvalue weighted by molar-refractivity contribution is 0.101. The first-order valence-electron chi connectivity index (χ1n) is 5.62. The first-order chi connectivity index (χ1) is 7.93. The molecule has 0 spiro atoms. The molecule has 0 aliphatic rings. The Kier molecular flexibility index (Phi) is 4.63. The summed E-state index contributed by atoms with van der Waals surface area (Å²) in [6.45, 7) is 3.62. The summed E-state index contributed by atoms with van der Waals surface area (Å²) in [4.78, 5) is 13.2. The van der Waals surface area contributed by atoms with E-state index in [9.17, 15) is 14.3 Å². The molecule has 0 radical (unpaired) electrons. The summed E-state index contributed by atoms with van der Waals surface area (Å²) in [6, 6.07) is 4.57. The van der Waals surface area contributed by atoms with Crippen LogP contribution >= 0.6 is 0 Å². The minimum atomic E-state index is -0.501. The molecule has 94 valence electrons. The monoisotopic (exact) mass is 239 g/mol. The van der Waals surface area contributed by atoms with Crippen molar-refractivity contribution >= 4 is 11.5 Å². The number of carbonyl (C=O) groups excluding carboxylic acids is 1. The maximum Gasteiger partial charge on any atom is 0.164 e. The zero-order valence-electron chi connectivity index (χ0n) is 10.4. The molecule has 0 aliphatic carbocycles. The maximum absolute atomic E-state index is 13.6. The second kappa shape index (κ2) is 5.77. The average Bonchev–Trinajstić information content (AvgIpc) is 2.24. The number of Topliss-reactive ketones (excluding diaryl/α,β-unsaturated/α-hetero) is 1. The number of anilines is 1. The van der Waals surface area contributed by atoms with Crippen LogP contribution in [0.1, 0.15) is 30.6 Å². The molecule has 0 amide bonds. The number of aliphatic hydroxyl groups is 1. The fourth-order valence-electron chi connectivity index (χ4n) is 1.68. The Balaban J connectivity index is 2.96. The summed E-state index contributed by atoms with van der Waals surface area (Å²) in [5.74, 6) is -0.791. The van der Waals surface area contributed by atoms with Crippen LogP contribution in [-0.2, 0) is 0 Å². The predicted molar refractivity (Wildman–Crippen MR) is 66.0 cm³/mol. The van der Waals surface area contributed by atoms with Gasteiger partial charge in [-0.25, -0.2) is 4.39 Å². The van der Waals surface area contributed by atoms with Crippen molar-refractivity contribution < 1.29 is 14.3 Å². The Bertz CT molecular complexity index is 404. The normalized spacial score (nSPS) is 12.3. The van der Waals surface area contributed by atoms with Gasteiger partial charge in [0.15, 0.2) is 5.78 Å². The van der Waals surface area contributed by atoms with E-state index in [1.54, 1.807) is 31.0 Å². The van der Waals surface area contributed by atoms with Crippen molar-refractivity contribution in [2.75, 3.05) is 18.5 Å². The van der Waals surface area contributed by atoms with Crippen LogP contribution in [0.25, 0.3) is 0 Å². The molecule has 0 aliphatic heterocycles. The number of nitrogens with zero attached hydrogens (tertiary/aromatic N) is 1. The van der Waals surface area contributed by atoms with Crippen LogP contribution < -0.4 is 4.90 Å². The number of rotatable bonds is 5. The smallest absolute Gasteiger partial charge is 0.164 e. The van der Waals surface area contributed by atoms with Gasteiger partial charge in [-0.3, -0.25) is 4.79 Å². The third kappa shape index (κ3) is 3.53.